The Kier molecular flexibility index (Phi) is 5.63. The first-order chi connectivity index (χ1) is 12.6. The number of carbonyl (C=O) groups excluding carboxylic acids is 1. The van der Waals surface area contributed by atoms with E-state index in [0.717, 1.165) is 23.9 Å². The van der Waals surface area contributed by atoms with E-state index in [-0.39, 0.29) is 5.91 Å². The van der Waals surface area contributed by atoms with E-state index in [2.05, 4.69) is 22.2 Å². The van der Waals surface area contributed by atoms with E-state index in [1.54, 1.807) is 12.1 Å². The average Bonchev–Trinajstić information content (AvgIpc) is 3.04. The van der Waals surface area contributed by atoms with Gasteiger partial charge in [-0.2, -0.15) is 0 Å². The Balaban J connectivity index is 1.81. The molecule has 1 aromatic heterocycles. The van der Waals surface area contributed by atoms with Crippen LogP contribution in [0.5, 0.6) is 11.5 Å². The summed E-state index contributed by atoms with van der Waals surface area (Å²) in [7, 11) is 1.51. The van der Waals surface area contributed by atoms with Gasteiger partial charge in [0.05, 0.1) is 29.8 Å². The second kappa shape index (κ2) is 8.10. The number of ether oxygens (including phenoxy) is 2. The summed E-state index contributed by atoms with van der Waals surface area (Å²) in [6.07, 6.45) is 1.92. The fourth-order valence-electron chi connectivity index (χ4n) is 2.50. The van der Waals surface area contributed by atoms with Crippen molar-refractivity contribution in [2.24, 2.45) is 0 Å². The topological polar surface area (TPSA) is 76.2 Å². The van der Waals surface area contributed by atoms with E-state index in [1.165, 1.54) is 7.11 Å². The predicted octanol–water partition coefficient (Wildman–Crippen LogP) is 4.66. The third kappa shape index (κ3) is 3.91. The summed E-state index contributed by atoms with van der Waals surface area (Å²) in [5, 5.41) is 3.07. The van der Waals surface area contributed by atoms with Crippen molar-refractivity contribution in [3.05, 3.63) is 47.0 Å². The molecule has 0 aliphatic heterocycles. The molecule has 2 N–H and O–H groups in total. The number of anilines is 1. The van der Waals surface area contributed by atoms with Crippen molar-refractivity contribution < 1.29 is 14.3 Å². The van der Waals surface area contributed by atoms with Crippen molar-refractivity contribution in [2.75, 3.05) is 19.0 Å². The first-order valence-corrected chi connectivity index (χ1v) is 8.76. The Hall–Kier alpha value is -2.73. The number of hydrogen-bond acceptors (Lipinski definition) is 4. The summed E-state index contributed by atoms with van der Waals surface area (Å²) < 4.78 is 11.0. The van der Waals surface area contributed by atoms with Crippen LogP contribution in [0.2, 0.25) is 5.02 Å². The molecule has 0 aliphatic carbocycles. The largest absolute Gasteiger partial charge is 0.493 e. The molecule has 6 nitrogen and oxygen atoms in total. The molecule has 0 saturated carbocycles. The third-order valence-electron chi connectivity index (χ3n) is 3.86. The lowest BCUT2D eigenvalue weighted by molar-refractivity contribution is 0.102. The summed E-state index contributed by atoms with van der Waals surface area (Å²) in [5.74, 6) is 0.894. The van der Waals surface area contributed by atoms with E-state index >= 15 is 0 Å². The van der Waals surface area contributed by atoms with Gasteiger partial charge in [-0.25, -0.2) is 4.98 Å². The molecule has 3 aromatic rings. The van der Waals surface area contributed by atoms with Crippen molar-refractivity contribution in [1.29, 1.82) is 0 Å². The monoisotopic (exact) mass is 373 g/mol. The number of aromatic amines is 1. The standard InChI is InChI=1S/C19H20ClN3O3/c1-3-4-9-26-17-13(20)10-12(11-16(17)25-2)18(24)23-19-21-14-7-5-6-8-15(14)22-19/h5-8,10-11H,3-4,9H2,1-2H3,(H2,21,22,23,24). The minimum absolute atomic E-state index is 0.329. The number of nitrogens with one attached hydrogen (secondary N) is 2. The number of benzene rings is 2. The zero-order chi connectivity index (χ0) is 18.5. The van der Waals surface area contributed by atoms with Crippen LogP contribution >= 0.6 is 11.6 Å². The highest BCUT2D eigenvalue weighted by molar-refractivity contribution is 6.32. The lowest BCUT2D eigenvalue weighted by Crippen LogP contribution is -2.13. The van der Waals surface area contributed by atoms with Crippen LogP contribution in [0.25, 0.3) is 11.0 Å². The summed E-state index contributed by atoms with van der Waals surface area (Å²) >= 11 is 6.30. The maximum absolute atomic E-state index is 12.6. The Morgan fingerprint density at radius 2 is 2.12 bits per heavy atom. The van der Waals surface area contributed by atoms with Gasteiger partial charge in [-0.15, -0.1) is 0 Å². The molecular weight excluding hydrogens is 354 g/mol. The normalized spacial score (nSPS) is 10.7. The lowest BCUT2D eigenvalue weighted by Gasteiger charge is -2.13. The maximum Gasteiger partial charge on any atom is 0.258 e. The molecule has 0 atom stereocenters. The first-order valence-electron chi connectivity index (χ1n) is 8.38. The van der Waals surface area contributed by atoms with E-state index in [1.807, 2.05) is 24.3 Å². The highest BCUT2D eigenvalue weighted by Gasteiger charge is 2.17. The van der Waals surface area contributed by atoms with Gasteiger partial charge in [-0.05, 0) is 30.7 Å². The zero-order valence-corrected chi connectivity index (χ0v) is 15.4. The molecule has 7 heteroatoms. The molecule has 0 unspecified atom stereocenters. The summed E-state index contributed by atoms with van der Waals surface area (Å²) in [6.45, 7) is 2.62. The highest BCUT2D eigenvalue weighted by atomic mass is 35.5. The van der Waals surface area contributed by atoms with Crippen LogP contribution in [0.4, 0.5) is 5.95 Å². The summed E-state index contributed by atoms with van der Waals surface area (Å²) in [4.78, 5) is 19.9. The molecule has 0 spiro atoms. The molecule has 1 heterocycles. The first kappa shape index (κ1) is 18.1. The van der Waals surface area contributed by atoms with Crippen LogP contribution in [-0.4, -0.2) is 29.6 Å². The van der Waals surface area contributed by atoms with Crippen LogP contribution in [0.15, 0.2) is 36.4 Å². The van der Waals surface area contributed by atoms with Gasteiger partial charge < -0.3 is 14.5 Å². The number of imidazole rings is 1. The molecular formula is C19H20ClN3O3. The molecule has 0 radical (unpaired) electrons. The molecule has 0 bridgehead atoms. The van der Waals surface area contributed by atoms with Gasteiger partial charge in [-0.3, -0.25) is 10.1 Å². The second-order valence-corrected chi connectivity index (χ2v) is 6.16. The number of H-pyrrole nitrogens is 1. The Morgan fingerprint density at radius 3 is 2.85 bits per heavy atom. The Labute approximate surface area is 156 Å². The van der Waals surface area contributed by atoms with Crippen molar-refractivity contribution in [2.45, 2.75) is 19.8 Å². The van der Waals surface area contributed by atoms with Crippen LogP contribution < -0.4 is 14.8 Å². The molecule has 0 fully saturated rings. The van der Waals surface area contributed by atoms with E-state index in [4.69, 9.17) is 21.1 Å². The van der Waals surface area contributed by atoms with E-state index < -0.39 is 0 Å². The third-order valence-corrected chi connectivity index (χ3v) is 4.14. The fraction of sp³-hybridized carbons (Fsp3) is 0.263. The molecule has 136 valence electrons. The van der Waals surface area contributed by atoms with Crippen molar-refractivity contribution in [3.8, 4) is 11.5 Å². The molecule has 26 heavy (non-hydrogen) atoms. The number of halogens is 1. The Bertz CT molecular complexity index is 891. The molecule has 3 rings (SSSR count). The van der Waals surface area contributed by atoms with Crippen molar-refractivity contribution in [1.82, 2.24) is 9.97 Å². The van der Waals surface area contributed by atoms with Crippen molar-refractivity contribution in [3.63, 3.8) is 0 Å². The number of para-hydroxylation sites is 2. The number of carbonyl (C=O) groups is 1. The predicted molar refractivity (Wildman–Crippen MR) is 102 cm³/mol. The van der Waals surface area contributed by atoms with Gasteiger partial charge in [0.1, 0.15) is 0 Å². The lowest BCUT2D eigenvalue weighted by atomic mass is 10.2. The Morgan fingerprint density at radius 1 is 1.31 bits per heavy atom. The number of methoxy groups -OCH3 is 1. The summed E-state index contributed by atoms with van der Waals surface area (Å²) in [5.41, 5.74) is 1.98. The zero-order valence-electron chi connectivity index (χ0n) is 14.6. The van der Waals surface area contributed by atoms with Gasteiger partial charge in [0, 0.05) is 5.56 Å². The number of rotatable bonds is 7. The second-order valence-electron chi connectivity index (χ2n) is 5.75. The maximum atomic E-state index is 12.6. The molecule has 2 aromatic carbocycles. The smallest absolute Gasteiger partial charge is 0.258 e. The number of amides is 1. The minimum atomic E-state index is -0.343. The number of hydrogen-bond donors (Lipinski definition) is 2. The average molecular weight is 374 g/mol. The van der Waals surface area contributed by atoms with E-state index in [9.17, 15) is 4.79 Å². The van der Waals surface area contributed by atoms with Gasteiger partial charge in [0.2, 0.25) is 5.95 Å². The quantitative estimate of drug-likeness (QED) is 0.591. The number of nitrogens with zero attached hydrogens (tertiary/aromatic N) is 1. The SMILES string of the molecule is CCCCOc1c(Cl)cc(C(=O)Nc2nc3ccccc3[nH]2)cc1OC. The summed E-state index contributed by atoms with van der Waals surface area (Å²) in [6, 6.07) is 10.7. The number of unbranched alkanes of at least 4 members (excludes halogenated alkanes) is 1. The highest BCUT2D eigenvalue weighted by Crippen LogP contribution is 2.36. The van der Waals surface area contributed by atoms with Gasteiger partial charge in [0.25, 0.3) is 5.91 Å². The number of fused-ring (bicyclic) bond motifs is 1. The molecule has 1 amide bonds. The van der Waals surface area contributed by atoms with Crippen LogP contribution in [0, 0.1) is 0 Å². The fourth-order valence-corrected chi connectivity index (χ4v) is 2.77. The number of aromatic nitrogens is 2. The molecule has 0 saturated heterocycles. The van der Waals surface area contributed by atoms with Crippen molar-refractivity contribution >= 4 is 34.5 Å². The van der Waals surface area contributed by atoms with Gasteiger partial charge in [-0.1, -0.05) is 37.1 Å². The van der Waals surface area contributed by atoms with E-state index in [0.29, 0.717) is 34.6 Å². The van der Waals surface area contributed by atoms with Gasteiger partial charge in [0.15, 0.2) is 11.5 Å². The molecule has 0 aliphatic rings. The van der Waals surface area contributed by atoms with Crippen LogP contribution in [0.1, 0.15) is 30.1 Å². The van der Waals surface area contributed by atoms with Crippen LogP contribution in [-0.2, 0) is 0 Å². The van der Waals surface area contributed by atoms with Crippen LogP contribution in [0.3, 0.4) is 0 Å². The van der Waals surface area contributed by atoms with Gasteiger partial charge >= 0.3 is 0 Å². The minimum Gasteiger partial charge on any atom is -0.493 e.